The highest BCUT2D eigenvalue weighted by atomic mass is 35.5. The number of hydrogen-bond donors (Lipinski definition) is 0. The molecule has 1 heterocycles. The van der Waals surface area contributed by atoms with Gasteiger partial charge in [-0.2, -0.15) is 0 Å². The second kappa shape index (κ2) is 5.20. The number of piperazine rings is 1. The Morgan fingerprint density at radius 3 is 2.19 bits per heavy atom. The molecule has 0 radical (unpaired) electrons. The second-order valence-corrected chi connectivity index (χ2v) is 7.15. The highest BCUT2D eigenvalue weighted by Crippen LogP contribution is 2.54. The van der Waals surface area contributed by atoms with E-state index in [1.54, 1.807) is 0 Å². The van der Waals surface area contributed by atoms with E-state index >= 15 is 0 Å². The maximum atomic E-state index is 12.5. The molecule has 2 atom stereocenters. The first-order valence-electron chi connectivity index (χ1n) is 8.00. The van der Waals surface area contributed by atoms with Crippen molar-refractivity contribution in [1.82, 2.24) is 4.90 Å². The van der Waals surface area contributed by atoms with Crippen LogP contribution in [0.1, 0.15) is 19.3 Å². The minimum absolute atomic E-state index is 0.329. The normalized spacial score (nSPS) is 31.2. The first kappa shape index (κ1) is 13.4. The van der Waals surface area contributed by atoms with E-state index < -0.39 is 0 Å². The molecule has 0 N–H and O–H groups in total. The van der Waals surface area contributed by atoms with E-state index in [2.05, 4.69) is 21.9 Å². The second-order valence-electron chi connectivity index (χ2n) is 6.71. The molecule has 4 heteroatoms. The summed E-state index contributed by atoms with van der Waals surface area (Å²) < 4.78 is 0. The van der Waals surface area contributed by atoms with Crippen LogP contribution in [0.15, 0.2) is 24.3 Å². The summed E-state index contributed by atoms with van der Waals surface area (Å²) in [6.45, 7) is 3.56. The third-order valence-corrected chi connectivity index (χ3v) is 5.63. The van der Waals surface area contributed by atoms with Gasteiger partial charge in [0.15, 0.2) is 0 Å². The van der Waals surface area contributed by atoms with E-state index in [0.717, 1.165) is 55.9 Å². The third-order valence-electron chi connectivity index (χ3n) is 5.38. The Labute approximate surface area is 130 Å². The van der Waals surface area contributed by atoms with Gasteiger partial charge in [-0.25, -0.2) is 0 Å². The van der Waals surface area contributed by atoms with Crippen LogP contribution in [-0.2, 0) is 4.79 Å². The number of fused-ring (bicyclic) bond motifs is 1. The minimum Gasteiger partial charge on any atom is -0.368 e. The van der Waals surface area contributed by atoms with Crippen LogP contribution < -0.4 is 4.90 Å². The van der Waals surface area contributed by atoms with E-state index in [4.69, 9.17) is 11.6 Å². The summed E-state index contributed by atoms with van der Waals surface area (Å²) in [6, 6.07) is 7.98. The lowest BCUT2D eigenvalue weighted by Gasteiger charge is -2.37. The summed E-state index contributed by atoms with van der Waals surface area (Å²) >= 11 is 5.93. The van der Waals surface area contributed by atoms with Crippen molar-refractivity contribution in [2.45, 2.75) is 19.3 Å². The predicted octanol–water partition coefficient (Wildman–Crippen LogP) is 3.03. The highest BCUT2D eigenvalue weighted by molar-refractivity contribution is 6.30. The summed E-state index contributed by atoms with van der Waals surface area (Å²) in [4.78, 5) is 17.0. The van der Waals surface area contributed by atoms with Crippen LogP contribution in [0, 0.1) is 17.8 Å². The average Bonchev–Trinajstić information content (AvgIpc) is 3.13. The maximum absolute atomic E-state index is 12.5. The number of nitrogens with zero attached hydrogens (tertiary/aromatic N) is 2. The quantitative estimate of drug-likeness (QED) is 0.838. The molecule has 3 aliphatic rings. The summed E-state index contributed by atoms with van der Waals surface area (Å²) in [7, 11) is 0. The van der Waals surface area contributed by atoms with E-state index in [9.17, 15) is 4.79 Å². The lowest BCUT2D eigenvalue weighted by atomic mass is 10.0. The van der Waals surface area contributed by atoms with Gasteiger partial charge in [0.05, 0.1) is 0 Å². The van der Waals surface area contributed by atoms with Crippen molar-refractivity contribution >= 4 is 23.2 Å². The topological polar surface area (TPSA) is 23.6 Å². The first-order chi connectivity index (χ1) is 10.2. The van der Waals surface area contributed by atoms with Gasteiger partial charge in [-0.05, 0) is 55.4 Å². The number of carbonyl (C=O) groups is 1. The van der Waals surface area contributed by atoms with Crippen molar-refractivity contribution in [2.24, 2.45) is 17.8 Å². The fraction of sp³-hybridized carbons (Fsp3) is 0.588. The monoisotopic (exact) mass is 304 g/mol. The van der Waals surface area contributed by atoms with Crippen LogP contribution in [-0.4, -0.2) is 37.0 Å². The molecular weight excluding hydrogens is 284 g/mol. The molecule has 1 amide bonds. The van der Waals surface area contributed by atoms with Gasteiger partial charge in [0.1, 0.15) is 0 Å². The van der Waals surface area contributed by atoms with Crippen molar-refractivity contribution in [3.05, 3.63) is 29.3 Å². The SMILES string of the molecule is O=C(C1CC2CC2C1)N1CCN(c2ccc(Cl)cc2)CC1. The fourth-order valence-corrected chi connectivity index (χ4v) is 4.14. The van der Waals surface area contributed by atoms with E-state index in [-0.39, 0.29) is 0 Å². The smallest absolute Gasteiger partial charge is 0.225 e. The molecule has 1 aliphatic heterocycles. The van der Waals surface area contributed by atoms with Crippen LogP contribution in [0.5, 0.6) is 0 Å². The number of amides is 1. The molecule has 3 nitrogen and oxygen atoms in total. The Hall–Kier alpha value is -1.22. The third kappa shape index (κ3) is 2.64. The zero-order valence-corrected chi connectivity index (χ0v) is 12.9. The van der Waals surface area contributed by atoms with Crippen LogP contribution in [0.25, 0.3) is 0 Å². The number of halogens is 1. The molecule has 1 saturated heterocycles. The summed E-state index contributed by atoms with van der Waals surface area (Å²) in [5, 5.41) is 0.771. The highest BCUT2D eigenvalue weighted by Gasteiger charge is 2.48. The van der Waals surface area contributed by atoms with Gasteiger partial charge in [-0.3, -0.25) is 4.79 Å². The molecule has 0 spiro atoms. The number of anilines is 1. The Balaban J connectivity index is 1.33. The Kier molecular flexibility index (Phi) is 3.33. The van der Waals surface area contributed by atoms with E-state index in [0.29, 0.717) is 11.8 Å². The van der Waals surface area contributed by atoms with E-state index in [1.165, 1.54) is 12.1 Å². The lowest BCUT2D eigenvalue weighted by Crippen LogP contribution is -2.50. The summed E-state index contributed by atoms with van der Waals surface area (Å²) in [6.07, 6.45) is 3.69. The molecule has 3 fully saturated rings. The molecule has 2 unspecified atom stereocenters. The molecule has 2 saturated carbocycles. The molecule has 1 aromatic carbocycles. The van der Waals surface area contributed by atoms with E-state index in [1.807, 2.05) is 12.1 Å². The maximum Gasteiger partial charge on any atom is 0.225 e. The molecule has 4 rings (SSSR count). The van der Waals surface area contributed by atoms with Crippen LogP contribution in [0.3, 0.4) is 0 Å². The van der Waals surface area contributed by atoms with Crippen LogP contribution >= 0.6 is 11.6 Å². The number of carbonyl (C=O) groups excluding carboxylic acids is 1. The molecule has 112 valence electrons. The van der Waals surface area contributed by atoms with Crippen LogP contribution in [0.4, 0.5) is 5.69 Å². The Morgan fingerprint density at radius 2 is 1.57 bits per heavy atom. The van der Waals surface area contributed by atoms with Crippen molar-refractivity contribution in [2.75, 3.05) is 31.1 Å². The van der Waals surface area contributed by atoms with Gasteiger partial charge in [0.25, 0.3) is 0 Å². The Morgan fingerprint density at radius 1 is 0.952 bits per heavy atom. The van der Waals surface area contributed by atoms with Crippen molar-refractivity contribution in [1.29, 1.82) is 0 Å². The standard InChI is InChI=1S/C17H21ClN2O/c18-15-1-3-16(4-2-15)19-5-7-20(8-6-19)17(21)14-10-12-9-13(12)11-14/h1-4,12-14H,5-11H2. The van der Waals surface area contributed by atoms with Gasteiger partial charge in [0.2, 0.25) is 5.91 Å². The Bertz CT molecular complexity index is 526. The summed E-state index contributed by atoms with van der Waals surface area (Å²) in [5.74, 6) is 2.51. The zero-order valence-electron chi connectivity index (χ0n) is 12.2. The van der Waals surface area contributed by atoms with Crippen molar-refractivity contribution in [3.8, 4) is 0 Å². The van der Waals surface area contributed by atoms with Crippen LogP contribution in [0.2, 0.25) is 5.02 Å². The first-order valence-corrected chi connectivity index (χ1v) is 8.38. The molecule has 1 aromatic rings. The van der Waals surface area contributed by atoms with Gasteiger partial charge in [0, 0.05) is 42.8 Å². The van der Waals surface area contributed by atoms with Gasteiger partial charge >= 0.3 is 0 Å². The van der Waals surface area contributed by atoms with Gasteiger partial charge in [-0.15, -0.1) is 0 Å². The summed E-state index contributed by atoms with van der Waals surface area (Å²) in [5.41, 5.74) is 1.20. The van der Waals surface area contributed by atoms with Crippen molar-refractivity contribution < 1.29 is 4.79 Å². The molecule has 0 aromatic heterocycles. The minimum atomic E-state index is 0.329. The van der Waals surface area contributed by atoms with Gasteiger partial charge < -0.3 is 9.80 Å². The lowest BCUT2D eigenvalue weighted by molar-refractivity contribution is -0.136. The number of benzene rings is 1. The number of rotatable bonds is 2. The fourth-order valence-electron chi connectivity index (χ4n) is 4.01. The zero-order chi connectivity index (χ0) is 14.4. The average molecular weight is 305 g/mol. The predicted molar refractivity (Wildman–Crippen MR) is 84.6 cm³/mol. The van der Waals surface area contributed by atoms with Crippen molar-refractivity contribution in [3.63, 3.8) is 0 Å². The largest absolute Gasteiger partial charge is 0.368 e. The molecule has 0 bridgehead atoms. The van der Waals surface area contributed by atoms with Gasteiger partial charge in [-0.1, -0.05) is 11.6 Å². The number of hydrogen-bond acceptors (Lipinski definition) is 2. The molecule has 2 aliphatic carbocycles. The molecule has 21 heavy (non-hydrogen) atoms. The molecular formula is C17H21ClN2O.